The first-order valence-electron chi connectivity index (χ1n) is 8.72. The number of rotatable bonds is 2. The lowest BCUT2D eigenvalue weighted by Gasteiger charge is -2.21. The highest BCUT2D eigenvalue weighted by atomic mass is 16.5. The number of ketones is 1. The SMILES string of the molecule is O=C1/C(=C/c2ccc(C3CCCCC3)cc2)Oc2cc(O)cc(O)c21. The Labute approximate surface area is 146 Å². The van der Waals surface area contributed by atoms with Crippen LogP contribution in [0.25, 0.3) is 6.08 Å². The molecule has 2 aromatic rings. The summed E-state index contributed by atoms with van der Waals surface area (Å²) in [6.45, 7) is 0. The molecule has 4 rings (SSSR count). The van der Waals surface area contributed by atoms with Crippen LogP contribution in [0.1, 0.15) is 59.5 Å². The smallest absolute Gasteiger partial charge is 0.235 e. The van der Waals surface area contributed by atoms with E-state index in [0.717, 1.165) is 11.6 Å². The standard InChI is InChI=1S/C21H20O4/c22-16-11-17(23)20-18(12-16)25-19(21(20)24)10-13-6-8-15(9-7-13)14-4-2-1-3-5-14/h6-12,14,22-23H,1-5H2/b19-10-. The Morgan fingerprint density at radius 2 is 1.72 bits per heavy atom. The van der Waals surface area contributed by atoms with Crippen LogP contribution < -0.4 is 4.74 Å². The van der Waals surface area contributed by atoms with Gasteiger partial charge in [0, 0.05) is 12.1 Å². The summed E-state index contributed by atoms with van der Waals surface area (Å²) in [7, 11) is 0. The summed E-state index contributed by atoms with van der Waals surface area (Å²) in [5.74, 6) is 0.208. The molecule has 25 heavy (non-hydrogen) atoms. The Bertz CT molecular complexity index is 843. The van der Waals surface area contributed by atoms with Gasteiger partial charge in [-0.25, -0.2) is 0 Å². The number of aromatic hydroxyl groups is 2. The predicted molar refractivity (Wildman–Crippen MR) is 95.0 cm³/mol. The van der Waals surface area contributed by atoms with Crippen LogP contribution in [-0.2, 0) is 0 Å². The maximum Gasteiger partial charge on any atom is 0.235 e. The van der Waals surface area contributed by atoms with Crippen LogP contribution in [-0.4, -0.2) is 16.0 Å². The minimum absolute atomic E-state index is 0.0999. The van der Waals surface area contributed by atoms with E-state index in [2.05, 4.69) is 12.1 Å². The van der Waals surface area contributed by atoms with Gasteiger partial charge < -0.3 is 14.9 Å². The maximum absolute atomic E-state index is 12.4. The third-order valence-electron chi connectivity index (χ3n) is 5.05. The molecule has 1 heterocycles. The molecule has 1 fully saturated rings. The minimum atomic E-state index is -0.371. The quantitative estimate of drug-likeness (QED) is 0.776. The van der Waals surface area contributed by atoms with E-state index in [4.69, 9.17) is 4.74 Å². The number of fused-ring (bicyclic) bond motifs is 1. The van der Waals surface area contributed by atoms with E-state index in [9.17, 15) is 15.0 Å². The summed E-state index contributed by atoms with van der Waals surface area (Å²) in [6, 6.07) is 10.7. The molecule has 1 aliphatic heterocycles. The van der Waals surface area contributed by atoms with Crippen molar-refractivity contribution in [1.29, 1.82) is 0 Å². The van der Waals surface area contributed by atoms with E-state index in [1.807, 2.05) is 12.1 Å². The van der Waals surface area contributed by atoms with E-state index >= 15 is 0 Å². The van der Waals surface area contributed by atoms with Crippen molar-refractivity contribution in [1.82, 2.24) is 0 Å². The van der Waals surface area contributed by atoms with Crippen LogP contribution in [0.5, 0.6) is 17.2 Å². The number of hydrogen-bond acceptors (Lipinski definition) is 4. The number of benzene rings is 2. The van der Waals surface area contributed by atoms with Crippen LogP contribution in [0.15, 0.2) is 42.2 Å². The lowest BCUT2D eigenvalue weighted by molar-refractivity contribution is 0.101. The van der Waals surface area contributed by atoms with E-state index < -0.39 is 0 Å². The van der Waals surface area contributed by atoms with Crippen molar-refractivity contribution < 1.29 is 19.7 Å². The fourth-order valence-electron chi connectivity index (χ4n) is 3.73. The van der Waals surface area contributed by atoms with Gasteiger partial charge in [0.25, 0.3) is 0 Å². The zero-order valence-corrected chi connectivity index (χ0v) is 13.9. The second-order valence-electron chi connectivity index (χ2n) is 6.78. The summed E-state index contributed by atoms with van der Waals surface area (Å²) < 4.78 is 5.52. The van der Waals surface area contributed by atoms with Gasteiger partial charge in [0.2, 0.25) is 5.78 Å². The van der Waals surface area contributed by atoms with Crippen LogP contribution in [0.3, 0.4) is 0 Å². The van der Waals surface area contributed by atoms with Crippen molar-refractivity contribution in [2.75, 3.05) is 0 Å². The highest BCUT2D eigenvalue weighted by molar-refractivity contribution is 6.16. The third-order valence-corrected chi connectivity index (χ3v) is 5.05. The number of carbonyl (C=O) groups excluding carboxylic acids is 1. The number of Topliss-reactive ketones (excluding diaryl/α,β-unsaturated/α-hetero) is 1. The molecule has 0 spiro atoms. The van der Waals surface area contributed by atoms with Crippen molar-refractivity contribution in [2.45, 2.75) is 38.0 Å². The number of ether oxygens (including phenoxy) is 1. The first kappa shape index (κ1) is 15.8. The van der Waals surface area contributed by atoms with Gasteiger partial charge in [0.05, 0.1) is 0 Å². The highest BCUT2D eigenvalue weighted by Gasteiger charge is 2.31. The fourth-order valence-corrected chi connectivity index (χ4v) is 3.73. The van der Waals surface area contributed by atoms with Crippen molar-refractivity contribution >= 4 is 11.9 Å². The van der Waals surface area contributed by atoms with Crippen molar-refractivity contribution in [3.8, 4) is 17.2 Å². The minimum Gasteiger partial charge on any atom is -0.508 e. The number of allylic oxidation sites excluding steroid dienone is 1. The van der Waals surface area contributed by atoms with Crippen molar-refractivity contribution in [2.24, 2.45) is 0 Å². The number of hydrogen-bond donors (Lipinski definition) is 2. The molecule has 0 bridgehead atoms. The highest BCUT2D eigenvalue weighted by Crippen LogP contribution is 2.40. The summed E-state index contributed by atoms with van der Waals surface area (Å²) in [5.41, 5.74) is 2.33. The van der Waals surface area contributed by atoms with Gasteiger partial charge >= 0.3 is 0 Å². The van der Waals surface area contributed by atoms with Gasteiger partial charge in [0.15, 0.2) is 5.76 Å². The van der Waals surface area contributed by atoms with Gasteiger partial charge in [-0.05, 0) is 36.0 Å². The molecule has 0 amide bonds. The second-order valence-corrected chi connectivity index (χ2v) is 6.78. The Hall–Kier alpha value is -2.75. The first-order valence-corrected chi connectivity index (χ1v) is 8.72. The Morgan fingerprint density at radius 3 is 2.44 bits per heavy atom. The average Bonchev–Trinajstić information content (AvgIpc) is 2.92. The Kier molecular flexibility index (Phi) is 3.96. The molecule has 128 valence electrons. The number of phenolic OH excluding ortho intramolecular Hbond substituents is 2. The van der Waals surface area contributed by atoms with E-state index in [1.165, 1.54) is 43.7 Å². The molecule has 0 atom stereocenters. The van der Waals surface area contributed by atoms with E-state index in [1.54, 1.807) is 6.08 Å². The fraction of sp³-hybridized carbons (Fsp3) is 0.286. The largest absolute Gasteiger partial charge is 0.508 e. The van der Waals surface area contributed by atoms with Gasteiger partial charge in [-0.3, -0.25) is 4.79 Å². The Morgan fingerprint density at radius 1 is 1.00 bits per heavy atom. The van der Waals surface area contributed by atoms with Crippen LogP contribution in [0, 0.1) is 0 Å². The van der Waals surface area contributed by atoms with E-state index in [-0.39, 0.29) is 34.4 Å². The summed E-state index contributed by atoms with van der Waals surface area (Å²) in [5, 5.41) is 19.4. The summed E-state index contributed by atoms with van der Waals surface area (Å²) >= 11 is 0. The van der Waals surface area contributed by atoms with Gasteiger partial charge in [-0.2, -0.15) is 0 Å². The lowest BCUT2D eigenvalue weighted by Crippen LogP contribution is -2.04. The zero-order chi connectivity index (χ0) is 17.4. The zero-order valence-electron chi connectivity index (χ0n) is 13.9. The van der Waals surface area contributed by atoms with Crippen molar-refractivity contribution in [3.05, 3.63) is 58.8 Å². The van der Waals surface area contributed by atoms with Gasteiger partial charge in [-0.15, -0.1) is 0 Å². The first-order chi connectivity index (χ1) is 12.1. The average molecular weight is 336 g/mol. The van der Waals surface area contributed by atoms with Gasteiger partial charge in [-0.1, -0.05) is 43.5 Å². The second kappa shape index (κ2) is 6.28. The van der Waals surface area contributed by atoms with Crippen LogP contribution >= 0.6 is 0 Å². The van der Waals surface area contributed by atoms with E-state index in [0.29, 0.717) is 5.92 Å². The molecule has 0 radical (unpaired) electrons. The lowest BCUT2D eigenvalue weighted by atomic mass is 9.84. The molecule has 4 nitrogen and oxygen atoms in total. The normalized spacial score (nSPS) is 19.0. The molecule has 4 heteroatoms. The molecule has 1 aliphatic carbocycles. The number of carbonyl (C=O) groups is 1. The molecule has 2 aliphatic rings. The molecule has 0 aromatic heterocycles. The van der Waals surface area contributed by atoms with Crippen LogP contribution in [0.2, 0.25) is 0 Å². The monoisotopic (exact) mass is 336 g/mol. The maximum atomic E-state index is 12.4. The molecular formula is C21H20O4. The third kappa shape index (κ3) is 3.00. The molecular weight excluding hydrogens is 316 g/mol. The van der Waals surface area contributed by atoms with Crippen molar-refractivity contribution in [3.63, 3.8) is 0 Å². The predicted octanol–water partition coefficient (Wildman–Crippen LogP) is 4.76. The Balaban J connectivity index is 1.57. The van der Waals surface area contributed by atoms with Gasteiger partial charge in [0.1, 0.15) is 22.8 Å². The molecule has 1 saturated carbocycles. The topological polar surface area (TPSA) is 66.8 Å². The molecule has 0 saturated heterocycles. The number of phenols is 2. The van der Waals surface area contributed by atoms with Crippen LogP contribution in [0.4, 0.5) is 0 Å². The molecule has 0 unspecified atom stereocenters. The molecule has 2 aromatic carbocycles. The summed E-state index contributed by atoms with van der Waals surface area (Å²) in [6.07, 6.45) is 8.10. The summed E-state index contributed by atoms with van der Waals surface area (Å²) in [4.78, 5) is 12.4. The molecule has 2 N–H and O–H groups in total.